The summed E-state index contributed by atoms with van der Waals surface area (Å²) in [7, 11) is 0. The van der Waals surface area contributed by atoms with Crippen molar-refractivity contribution in [3.63, 3.8) is 0 Å². The average molecular weight is 307 g/mol. The molecule has 0 radical (unpaired) electrons. The highest BCUT2D eigenvalue weighted by Crippen LogP contribution is 2.20. The Bertz CT molecular complexity index is 385. The lowest BCUT2D eigenvalue weighted by molar-refractivity contribution is -0.173. The zero-order valence-corrected chi connectivity index (χ0v) is 12.3. The molecule has 0 aliphatic rings. The third kappa shape index (κ3) is 8.45. The van der Waals surface area contributed by atoms with Crippen LogP contribution in [0.3, 0.4) is 0 Å². The van der Waals surface area contributed by atoms with Crippen LogP contribution < -0.4 is 5.32 Å². The van der Waals surface area contributed by atoms with E-state index >= 15 is 0 Å². The Hall–Kier alpha value is -0.720. The molecule has 0 heterocycles. The fourth-order valence-corrected chi connectivity index (χ4v) is 2.46. The van der Waals surface area contributed by atoms with Gasteiger partial charge in [0.05, 0.1) is 0 Å². The lowest BCUT2D eigenvalue weighted by Gasteiger charge is -2.08. The Morgan fingerprint density at radius 1 is 1.30 bits per heavy atom. The van der Waals surface area contributed by atoms with Crippen molar-refractivity contribution in [2.75, 3.05) is 25.5 Å². The summed E-state index contributed by atoms with van der Waals surface area (Å²) in [6.07, 6.45) is -3.62. The van der Waals surface area contributed by atoms with Crippen molar-refractivity contribution in [3.8, 4) is 0 Å². The summed E-state index contributed by atoms with van der Waals surface area (Å²) < 4.78 is 40.1. The highest BCUT2D eigenvalue weighted by Gasteiger charge is 2.27. The molecule has 2 nitrogen and oxygen atoms in total. The van der Waals surface area contributed by atoms with Gasteiger partial charge in [-0.05, 0) is 30.7 Å². The van der Waals surface area contributed by atoms with Crippen molar-refractivity contribution in [1.82, 2.24) is 5.32 Å². The zero-order valence-electron chi connectivity index (χ0n) is 11.5. The molecule has 0 fully saturated rings. The van der Waals surface area contributed by atoms with E-state index < -0.39 is 12.8 Å². The molecule has 0 saturated carbocycles. The number of nitrogens with one attached hydrogen (secondary N) is 1. The van der Waals surface area contributed by atoms with Gasteiger partial charge in [-0.25, -0.2) is 0 Å². The van der Waals surface area contributed by atoms with Gasteiger partial charge in [0.25, 0.3) is 0 Å². The second kappa shape index (κ2) is 9.26. The van der Waals surface area contributed by atoms with E-state index in [1.165, 1.54) is 5.56 Å². The van der Waals surface area contributed by atoms with Gasteiger partial charge in [0.15, 0.2) is 0 Å². The topological polar surface area (TPSA) is 21.3 Å². The summed E-state index contributed by atoms with van der Waals surface area (Å²) in [6.45, 7) is 2.80. The highest BCUT2D eigenvalue weighted by atomic mass is 32.2. The molecular formula is C14H20F3NOS. The van der Waals surface area contributed by atoms with E-state index in [1.807, 2.05) is 12.1 Å². The SMILES string of the molecule is CCNCc1cccc(SCCCOCC(F)(F)F)c1. The predicted octanol–water partition coefficient (Wildman–Crippen LogP) is 3.86. The molecule has 0 aliphatic carbocycles. The maximum Gasteiger partial charge on any atom is 0.411 e. The van der Waals surface area contributed by atoms with Crippen LogP contribution >= 0.6 is 11.8 Å². The quantitative estimate of drug-likeness (QED) is 0.553. The average Bonchev–Trinajstić information content (AvgIpc) is 2.40. The van der Waals surface area contributed by atoms with Gasteiger partial charge >= 0.3 is 6.18 Å². The lowest BCUT2D eigenvalue weighted by Crippen LogP contribution is -2.17. The maximum atomic E-state index is 11.8. The first-order valence-corrected chi connectivity index (χ1v) is 7.57. The van der Waals surface area contributed by atoms with Crippen molar-refractivity contribution < 1.29 is 17.9 Å². The van der Waals surface area contributed by atoms with Gasteiger partial charge in [0.1, 0.15) is 6.61 Å². The minimum Gasteiger partial charge on any atom is -0.372 e. The van der Waals surface area contributed by atoms with Gasteiger partial charge in [-0.1, -0.05) is 19.1 Å². The van der Waals surface area contributed by atoms with Crippen molar-refractivity contribution in [2.24, 2.45) is 0 Å². The Kier molecular flexibility index (Phi) is 8.02. The lowest BCUT2D eigenvalue weighted by atomic mass is 10.2. The van der Waals surface area contributed by atoms with Crippen LogP contribution in [0.2, 0.25) is 0 Å². The van der Waals surface area contributed by atoms with Gasteiger partial charge in [-0.2, -0.15) is 13.2 Å². The van der Waals surface area contributed by atoms with Gasteiger partial charge in [0.2, 0.25) is 0 Å². The van der Waals surface area contributed by atoms with E-state index in [-0.39, 0.29) is 6.61 Å². The number of hydrogen-bond acceptors (Lipinski definition) is 3. The molecule has 0 atom stereocenters. The Morgan fingerprint density at radius 2 is 2.10 bits per heavy atom. The first-order valence-electron chi connectivity index (χ1n) is 6.58. The van der Waals surface area contributed by atoms with Crippen molar-refractivity contribution in [3.05, 3.63) is 29.8 Å². The van der Waals surface area contributed by atoms with Crippen LogP contribution in [-0.4, -0.2) is 31.7 Å². The summed E-state index contributed by atoms with van der Waals surface area (Å²) in [5, 5.41) is 3.25. The molecule has 114 valence electrons. The number of rotatable bonds is 9. The van der Waals surface area contributed by atoms with Crippen LogP contribution in [-0.2, 0) is 11.3 Å². The van der Waals surface area contributed by atoms with E-state index in [1.54, 1.807) is 11.8 Å². The maximum absolute atomic E-state index is 11.8. The van der Waals surface area contributed by atoms with Crippen molar-refractivity contribution in [2.45, 2.75) is 31.0 Å². The molecule has 0 aliphatic heterocycles. The zero-order chi connectivity index (χ0) is 14.8. The van der Waals surface area contributed by atoms with Crippen LogP contribution in [0.5, 0.6) is 0 Å². The van der Waals surface area contributed by atoms with E-state index in [0.717, 1.165) is 23.7 Å². The molecule has 6 heteroatoms. The van der Waals surface area contributed by atoms with Crippen molar-refractivity contribution >= 4 is 11.8 Å². The molecule has 0 spiro atoms. The Balaban J connectivity index is 2.18. The summed E-state index contributed by atoms with van der Waals surface area (Å²) in [6, 6.07) is 8.16. The smallest absolute Gasteiger partial charge is 0.372 e. The van der Waals surface area contributed by atoms with Gasteiger partial charge in [-0.15, -0.1) is 11.8 Å². The van der Waals surface area contributed by atoms with Crippen LogP contribution in [0, 0.1) is 0 Å². The number of alkyl halides is 3. The molecule has 0 amide bonds. The molecule has 1 aromatic carbocycles. The molecule has 1 N–H and O–H groups in total. The molecule has 0 unspecified atom stereocenters. The first-order chi connectivity index (χ1) is 9.51. The number of benzene rings is 1. The summed E-state index contributed by atoms with van der Waals surface area (Å²) in [5.74, 6) is 0.752. The third-order valence-electron chi connectivity index (χ3n) is 2.45. The highest BCUT2D eigenvalue weighted by molar-refractivity contribution is 7.99. The van der Waals surface area contributed by atoms with E-state index in [4.69, 9.17) is 0 Å². The third-order valence-corrected chi connectivity index (χ3v) is 3.53. The molecule has 1 rings (SSSR count). The number of halogens is 3. The van der Waals surface area contributed by atoms with Crippen molar-refractivity contribution in [1.29, 1.82) is 0 Å². The summed E-state index contributed by atoms with van der Waals surface area (Å²) in [4.78, 5) is 1.14. The monoisotopic (exact) mass is 307 g/mol. The largest absolute Gasteiger partial charge is 0.411 e. The standard InChI is InChI=1S/C14H20F3NOS/c1-2-18-10-12-5-3-6-13(9-12)20-8-4-7-19-11-14(15,16)17/h3,5-6,9,18H,2,4,7-8,10-11H2,1H3. The molecule has 0 bridgehead atoms. The number of ether oxygens (including phenoxy) is 1. The fourth-order valence-electron chi connectivity index (χ4n) is 1.55. The van der Waals surface area contributed by atoms with Gasteiger partial charge in [0, 0.05) is 23.8 Å². The van der Waals surface area contributed by atoms with Gasteiger partial charge in [-0.3, -0.25) is 0 Å². The molecule has 20 heavy (non-hydrogen) atoms. The Morgan fingerprint density at radius 3 is 2.80 bits per heavy atom. The summed E-state index contributed by atoms with van der Waals surface area (Å²) >= 11 is 1.64. The normalized spacial score (nSPS) is 11.8. The minimum absolute atomic E-state index is 0.142. The second-order valence-electron chi connectivity index (χ2n) is 4.30. The Labute approximate surface area is 122 Å². The van der Waals surface area contributed by atoms with Crippen LogP contribution in [0.15, 0.2) is 29.2 Å². The van der Waals surface area contributed by atoms with Gasteiger partial charge < -0.3 is 10.1 Å². The van der Waals surface area contributed by atoms with E-state index in [2.05, 4.69) is 29.1 Å². The fraction of sp³-hybridized carbons (Fsp3) is 0.571. The van der Waals surface area contributed by atoms with Crippen LogP contribution in [0.4, 0.5) is 13.2 Å². The van der Waals surface area contributed by atoms with E-state index in [0.29, 0.717) is 6.42 Å². The number of thioether (sulfide) groups is 1. The first kappa shape index (κ1) is 17.3. The van der Waals surface area contributed by atoms with Crippen LogP contribution in [0.1, 0.15) is 18.9 Å². The molecule has 0 saturated heterocycles. The minimum atomic E-state index is -4.23. The van der Waals surface area contributed by atoms with E-state index in [9.17, 15) is 13.2 Å². The molecule has 0 aromatic heterocycles. The molecular weight excluding hydrogens is 287 g/mol. The second-order valence-corrected chi connectivity index (χ2v) is 5.47. The van der Waals surface area contributed by atoms with Crippen LogP contribution in [0.25, 0.3) is 0 Å². The summed E-state index contributed by atoms with van der Waals surface area (Å²) in [5.41, 5.74) is 1.21. The molecule has 1 aromatic rings. The number of hydrogen-bond donors (Lipinski definition) is 1. The predicted molar refractivity (Wildman–Crippen MR) is 76.0 cm³/mol.